The Morgan fingerprint density at radius 2 is 1.61 bits per heavy atom. The maximum atomic E-state index is 13.5. The number of fused-ring (bicyclic) bond motifs is 2. The number of amides is 1. The Labute approximate surface area is 201 Å². The van der Waals surface area contributed by atoms with Crippen LogP contribution < -0.4 is 4.90 Å². The lowest BCUT2D eigenvalue weighted by atomic mass is 9.88. The number of carbonyl (C=O) groups is 2. The van der Waals surface area contributed by atoms with Gasteiger partial charge in [0, 0.05) is 21.2 Å². The van der Waals surface area contributed by atoms with Crippen LogP contribution in [0, 0.1) is 0 Å². The molecule has 0 aromatic heterocycles. The number of Topliss-reactive ketones (excluding diaryl/α,β-unsaturated/α-hetero) is 1. The number of halogens is 2. The minimum absolute atomic E-state index is 0.151. The van der Waals surface area contributed by atoms with Crippen LogP contribution in [0.3, 0.4) is 0 Å². The van der Waals surface area contributed by atoms with E-state index in [1.807, 2.05) is 30.3 Å². The highest BCUT2D eigenvalue weighted by atomic mass is 35.5. The molecule has 1 heterocycles. The van der Waals surface area contributed by atoms with Crippen LogP contribution in [-0.2, 0) is 16.9 Å². The van der Waals surface area contributed by atoms with E-state index in [0.717, 1.165) is 10.8 Å². The molecule has 1 aliphatic rings. The smallest absolute Gasteiger partial charge is 0.264 e. The molecule has 5 rings (SSSR count). The van der Waals surface area contributed by atoms with Gasteiger partial charge in [-0.05, 0) is 40.6 Å². The summed E-state index contributed by atoms with van der Waals surface area (Å²) in [7, 11) is 0. The molecule has 1 amide bonds. The number of rotatable bonds is 5. The average molecular weight is 476 g/mol. The first kappa shape index (κ1) is 21.7. The third-order valence-corrected chi connectivity index (χ3v) is 6.66. The van der Waals surface area contributed by atoms with Gasteiger partial charge < -0.3 is 10.0 Å². The van der Waals surface area contributed by atoms with E-state index in [9.17, 15) is 14.7 Å². The molecule has 4 nitrogen and oxygen atoms in total. The van der Waals surface area contributed by atoms with E-state index in [4.69, 9.17) is 23.2 Å². The van der Waals surface area contributed by atoms with Crippen LogP contribution in [0.2, 0.25) is 10.0 Å². The van der Waals surface area contributed by atoms with Gasteiger partial charge in [0.15, 0.2) is 11.4 Å². The molecule has 0 spiro atoms. The Kier molecular flexibility index (Phi) is 5.45. The fourth-order valence-corrected chi connectivity index (χ4v) is 4.82. The van der Waals surface area contributed by atoms with E-state index >= 15 is 0 Å². The Morgan fingerprint density at radius 3 is 2.39 bits per heavy atom. The van der Waals surface area contributed by atoms with Crippen LogP contribution in [0.4, 0.5) is 5.69 Å². The summed E-state index contributed by atoms with van der Waals surface area (Å²) in [4.78, 5) is 28.2. The van der Waals surface area contributed by atoms with Crippen LogP contribution in [0.1, 0.15) is 27.9 Å². The Bertz CT molecular complexity index is 1420. The van der Waals surface area contributed by atoms with Gasteiger partial charge in [-0.2, -0.15) is 0 Å². The van der Waals surface area contributed by atoms with Gasteiger partial charge in [0.25, 0.3) is 5.91 Å². The van der Waals surface area contributed by atoms with Crippen LogP contribution in [0.15, 0.2) is 84.9 Å². The second-order valence-corrected chi connectivity index (χ2v) is 9.01. The van der Waals surface area contributed by atoms with Crippen LogP contribution >= 0.6 is 23.2 Å². The van der Waals surface area contributed by atoms with Crippen molar-refractivity contribution >= 4 is 51.4 Å². The molecule has 1 N–H and O–H groups in total. The summed E-state index contributed by atoms with van der Waals surface area (Å²) in [6.45, 7) is 0.151. The predicted octanol–water partition coefficient (Wildman–Crippen LogP) is 6.15. The highest BCUT2D eigenvalue weighted by Crippen LogP contribution is 2.44. The van der Waals surface area contributed by atoms with Crippen molar-refractivity contribution in [3.8, 4) is 0 Å². The quantitative estimate of drug-likeness (QED) is 0.352. The minimum Gasteiger partial charge on any atom is -0.375 e. The minimum atomic E-state index is -1.96. The number of carbonyl (C=O) groups excluding carboxylic acids is 2. The van der Waals surface area contributed by atoms with E-state index in [-0.39, 0.29) is 18.7 Å². The van der Waals surface area contributed by atoms with Gasteiger partial charge in [-0.3, -0.25) is 9.59 Å². The lowest BCUT2D eigenvalue weighted by molar-refractivity contribution is -0.136. The number of ketones is 1. The van der Waals surface area contributed by atoms with E-state index < -0.39 is 11.5 Å². The molecule has 1 atom stereocenters. The normalized spacial score (nSPS) is 17.4. The molecule has 0 fully saturated rings. The molecule has 0 bridgehead atoms. The van der Waals surface area contributed by atoms with Crippen molar-refractivity contribution in [1.29, 1.82) is 0 Å². The molecule has 0 aliphatic carbocycles. The molecular formula is C27H19Cl2NO3. The van der Waals surface area contributed by atoms with Crippen molar-refractivity contribution in [1.82, 2.24) is 0 Å². The molecular weight excluding hydrogens is 457 g/mol. The third kappa shape index (κ3) is 3.80. The van der Waals surface area contributed by atoms with Crippen LogP contribution in [-0.4, -0.2) is 16.8 Å². The van der Waals surface area contributed by atoms with Gasteiger partial charge in [0.1, 0.15) is 0 Å². The summed E-state index contributed by atoms with van der Waals surface area (Å²) in [6, 6.07) is 25.2. The van der Waals surface area contributed by atoms with Gasteiger partial charge in [0.05, 0.1) is 18.7 Å². The van der Waals surface area contributed by atoms with Gasteiger partial charge in [-0.25, -0.2) is 0 Å². The Morgan fingerprint density at radius 1 is 0.879 bits per heavy atom. The van der Waals surface area contributed by atoms with Gasteiger partial charge in [-0.1, -0.05) is 83.9 Å². The van der Waals surface area contributed by atoms with Gasteiger partial charge >= 0.3 is 0 Å². The molecule has 164 valence electrons. The van der Waals surface area contributed by atoms with Crippen molar-refractivity contribution < 1.29 is 14.7 Å². The zero-order valence-corrected chi connectivity index (χ0v) is 19.0. The molecule has 1 unspecified atom stereocenters. The zero-order chi connectivity index (χ0) is 23.2. The Balaban J connectivity index is 1.48. The molecule has 4 aromatic carbocycles. The highest BCUT2D eigenvalue weighted by Gasteiger charge is 2.50. The first-order chi connectivity index (χ1) is 15.9. The van der Waals surface area contributed by atoms with E-state index in [1.165, 1.54) is 4.90 Å². The SMILES string of the molecule is O=C(CC1(O)C(=O)N(Cc2ccc(Cl)cc2Cl)c2ccccc21)c1ccc2ccccc2c1. The summed E-state index contributed by atoms with van der Waals surface area (Å²) >= 11 is 12.3. The summed E-state index contributed by atoms with van der Waals surface area (Å²) in [5.74, 6) is -0.860. The molecule has 4 aromatic rings. The number of aliphatic hydroxyl groups is 1. The highest BCUT2D eigenvalue weighted by molar-refractivity contribution is 6.35. The maximum absolute atomic E-state index is 13.5. The van der Waals surface area contributed by atoms with Crippen molar-refractivity contribution in [2.75, 3.05) is 4.90 Å². The lowest BCUT2D eigenvalue weighted by Crippen LogP contribution is -2.41. The monoisotopic (exact) mass is 475 g/mol. The molecule has 0 saturated heterocycles. The van der Waals surface area contributed by atoms with Gasteiger partial charge in [-0.15, -0.1) is 0 Å². The Hall–Kier alpha value is -3.18. The standard InChI is InChI=1S/C27H19Cl2NO3/c28-21-12-11-20(23(29)14-21)16-30-24-8-4-3-7-22(24)27(33,26(30)32)15-25(31)19-10-9-17-5-1-2-6-18(17)13-19/h1-14,33H,15-16H2. The fraction of sp³-hybridized carbons (Fsp3) is 0.111. The predicted molar refractivity (Wildman–Crippen MR) is 131 cm³/mol. The first-order valence-corrected chi connectivity index (χ1v) is 11.2. The number of benzene rings is 4. The van der Waals surface area contributed by atoms with Gasteiger partial charge in [0.2, 0.25) is 0 Å². The molecule has 0 radical (unpaired) electrons. The van der Waals surface area contributed by atoms with E-state index in [0.29, 0.717) is 32.4 Å². The number of para-hydroxylation sites is 1. The maximum Gasteiger partial charge on any atom is 0.264 e. The van der Waals surface area contributed by atoms with Crippen molar-refractivity contribution in [3.05, 3.63) is 112 Å². The average Bonchev–Trinajstić information content (AvgIpc) is 3.02. The molecule has 33 heavy (non-hydrogen) atoms. The third-order valence-electron chi connectivity index (χ3n) is 6.07. The van der Waals surface area contributed by atoms with E-state index in [2.05, 4.69) is 0 Å². The van der Waals surface area contributed by atoms with Crippen molar-refractivity contribution in [3.63, 3.8) is 0 Å². The van der Waals surface area contributed by atoms with Crippen LogP contribution in [0.25, 0.3) is 10.8 Å². The second-order valence-electron chi connectivity index (χ2n) is 8.17. The second kappa shape index (κ2) is 8.31. The van der Waals surface area contributed by atoms with E-state index in [1.54, 1.807) is 54.6 Å². The molecule has 6 heteroatoms. The molecule has 0 saturated carbocycles. The van der Waals surface area contributed by atoms with Crippen molar-refractivity contribution in [2.24, 2.45) is 0 Å². The first-order valence-electron chi connectivity index (χ1n) is 10.5. The number of anilines is 1. The summed E-state index contributed by atoms with van der Waals surface area (Å²) in [5, 5.41) is 14.4. The topological polar surface area (TPSA) is 57.6 Å². The number of hydrogen-bond acceptors (Lipinski definition) is 3. The van der Waals surface area contributed by atoms with Crippen LogP contribution in [0.5, 0.6) is 0 Å². The summed E-state index contributed by atoms with van der Waals surface area (Å²) in [6.07, 6.45) is -0.355. The fourth-order valence-electron chi connectivity index (χ4n) is 4.35. The lowest BCUT2D eigenvalue weighted by Gasteiger charge is -2.23. The number of nitrogens with zero attached hydrogens (tertiary/aromatic N) is 1. The largest absolute Gasteiger partial charge is 0.375 e. The summed E-state index contributed by atoms with van der Waals surface area (Å²) < 4.78 is 0. The number of hydrogen-bond donors (Lipinski definition) is 1. The zero-order valence-electron chi connectivity index (χ0n) is 17.5. The molecule has 1 aliphatic heterocycles. The van der Waals surface area contributed by atoms with Crippen molar-refractivity contribution in [2.45, 2.75) is 18.6 Å². The summed E-state index contributed by atoms with van der Waals surface area (Å²) in [5.41, 5.74) is 0.149.